The second kappa shape index (κ2) is 17.1. The number of amides is 1. The van der Waals surface area contributed by atoms with E-state index in [-0.39, 0.29) is 62.3 Å². The number of Topliss-reactive ketones (excluding diaryl/α,β-unsaturated/α-hetero) is 1. The zero-order valence-electron chi connectivity index (χ0n) is 30.9. The van der Waals surface area contributed by atoms with Crippen molar-refractivity contribution in [2.24, 2.45) is 5.92 Å². The molecule has 7 rings (SSSR count). The van der Waals surface area contributed by atoms with Crippen LogP contribution in [0.5, 0.6) is 5.75 Å². The fourth-order valence-electron chi connectivity index (χ4n) is 7.20. The van der Waals surface area contributed by atoms with Gasteiger partial charge >= 0.3 is 0 Å². The minimum atomic E-state index is -5.40. The van der Waals surface area contributed by atoms with Crippen LogP contribution in [0.4, 0.5) is 28.9 Å². The third-order valence-electron chi connectivity index (χ3n) is 10.4. The van der Waals surface area contributed by atoms with Crippen LogP contribution in [0.15, 0.2) is 71.6 Å². The molecule has 0 bridgehead atoms. The minimum Gasteiger partial charge on any atom is -0.492 e. The maximum atomic E-state index is 15.3. The summed E-state index contributed by atoms with van der Waals surface area (Å²) in [6.07, 6.45) is 11.4. The van der Waals surface area contributed by atoms with Gasteiger partial charge in [-0.3, -0.25) is 9.59 Å². The molecule has 302 valence electrons. The van der Waals surface area contributed by atoms with E-state index in [0.29, 0.717) is 15.8 Å². The second-order valence-corrected chi connectivity index (χ2v) is 16.4. The number of ether oxygens (including phenoxy) is 1. The molecule has 0 atom stereocenters. The van der Waals surface area contributed by atoms with E-state index in [1.54, 1.807) is 37.3 Å². The lowest BCUT2D eigenvalue weighted by Gasteiger charge is -2.30. The van der Waals surface area contributed by atoms with Crippen LogP contribution in [0.3, 0.4) is 0 Å². The second-order valence-electron chi connectivity index (χ2n) is 14.5. The highest BCUT2D eigenvalue weighted by atomic mass is 32.2. The van der Waals surface area contributed by atoms with Crippen molar-refractivity contribution in [2.75, 3.05) is 36.0 Å². The van der Waals surface area contributed by atoms with E-state index >= 15 is 8.78 Å². The Balaban J connectivity index is 0.00000320. The Kier molecular flexibility index (Phi) is 12.4. The fourth-order valence-corrected chi connectivity index (χ4v) is 8.67. The molecule has 8 nitrogen and oxygen atoms in total. The zero-order valence-corrected chi connectivity index (χ0v) is 31.7. The Hall–Kier alpha value is -5.19. The monoisotopic (exact) mass is 805 g/mol. The van der Waals surface area contributed by atoms with Gasteiger partial charge in [-0.2, -0.15) is 4.31 Å². The molecule has 4 aromatic rings. The van der Waals surface area contributed by atoms with Crippen molar-refractivity contribution >= 4 is 33.1 Å². The van der Waals surface area contributed by atoms with Crippen LogP contribution < -0.4 is 14.5 Å². The third kappa shape index (κ3) is 8.87. The predicted octanol–water partition coefficient (Wildman–Crippen LogP) is 9.00. The summed E-state index contributed by atoms with van der Waals surface area (Å²) in [4.78, 5) is 29.8. The minimum absolute atomic E-state index is 0. The number of rotatable bonds is 15. The molecular formula is C44H47F4N3O5S. The van der Waals surface area contributed by atoms with Crippen LogP contribution in [0.1, 0.15) is 92.8 Å². The number of sulfonamides is 1. The van der Waals surface area contributed by atoms with Crippen LogP contribution in [-0.2, 0) is 27.9 Å². The number of hydrogen-bond acceptors (Lipinski definition) is 6. The molecule has 0 aromatic heterocycles. The maximum absolute atomic E-state index is 15.3. The Morgan fingerprint density at radius 3 is 2.30 bits per heavy atom. The molecule has 1 amide bonds. The summed E-state index contributed by atoms with van der Waals surface area (Å²) in [5, 5.41) is 0. The average molecular weight is 806 g/mol. The summed E-state index contributed by atoms with van der Waals surface area (Å²) < 4.78 is 94.0. The molecule has 0 N–H and O–H groups in total. The van der Waals surface area contributed by atoms with Gasteiger partial charge in [0.15, 0.2) is 28.1 Å². The molecular weight excluding hydrogens is 759 g/mol. The average Bonchev–Trinajstić information content (AvgIpc) is 4.14. The Labute approximate surface area is 333 Å². The van der Waals surface area contributed by atoms with E-state index < -0.39 is 57.2 Å². The molecule has 1 heterocycles. The van der Waals surface area contributed by atoms with Crippen molar-refractivity contribution < 1.29 is 41.7 Å². The smallest absolute Gasteiger partial charge is 0.249 e. The molecule has 0 unspecified atom stereocenters. The first-order chi connectivity index (χ1) is 26.9. The maximum Gasteiger partial charge on any atom is 0.249 e. The van der Waals surface area contributed by atoms with E-state index in [0.717, 1.165) is 68.4 Å². The first kappa shape index (κ1) is 41.4. The SMILES string of the molecule is C.C#Cc1ccccc1CN(CC(=O)N(Cc1cc(C2CC2)cc(N2CCCC2)c1)c1ccc(C(=O)C2CC2)cc1OCC)S(=O)(=O)c1c(F)cc(F)c(F)c1F.[HH]. The normalized spacial score (nSPS) is 15.3. The van der Waals surface area contributed by atoms with Gasteiger partial charge in [0.1, 0.15) is 11.6 Å². The van der Waals surface area contributed by atoms with Gasteiger partial charge in [-0.1, -0.05) is 37.6 Å². The molecule has 3 aliphatic rings. The standard InChI is InChI=1S/C43H41F4N3O5S.CH4.H2/c1-3-28-9-5-6-10-32(28)25-49(56(53,54)43-36(45)23-35(44)40(46)41(43)47)26-39(51)50(37-16-15-31(22-38(37)55-4-2)42(52)30-13-14-30)24-27-19-33(29-11-12-29)21-34(20-27)48-17-7-8-18-48;;/h1,5-6,9-10,15-16,19-23,29-30H,4,7-8,11-14,17-18,24-26H2,2H3;1H4;1H. The number of carbonyl (C=O) groups is 2. The zero-order chi connectivity index (χ0) is 39.7. The van der Waals surface area contributed by atoms with Crippen LogP contribution in [0, 0.1) is 41.5 Å². The fraction of sp³-hybridized carbons (Fsp3) is 0.364. The summed E-state index contributed by atoms with van der Waals surface area (Å²) in [5.41, 5.74) is 3.95. The number of benzene rings is 4. The number of ketones is 1. The lowest BCUT2D eigenvalue weighted by molar-refractivity contribution is -0.119. The van der Waals surface area contributed by atoms with Crippen molar-refractivity contribution in [2.45, 2.75) is 76.8 Å². The highest BCUT2D eigenvalue weighted by Gasteiger charge is 2.38. The van der Waals surface area contributed by atoms with Crippen molar-refractivity contribution in [3.8, 4) is 18.1 Å². The number of terminal acetylenes is 1. The van der Waals surface area contributed by atoms with Gasteiger partial charge in [0.25, 0.3) is 0 Å². The Bertz CT molecular complexity index is 2340. The predicted molar refractivity (Wildman–Crippen MR) is 213 cm³/mol. The van der Waals surface area contributed by atoms with Gasteiger partial charge in [-0.15, -0.1) is 6.42 Å². The van der Waals surface area contributed by atoms with Gasteiger partial charge in [0.2, 0.25) is 15.9 Å². The van der Waals surface area contributed by atoms with Crippen molar-refractivity contribution in [1.29, 1.82) is 0 Å². The largest absolute Gasteiger partial charge is 0.492 e. The summed E-state index contributed by atoms with van der Waals surface area (Å²) >= 11 is 0. The van der Waals surface area contributed by atoms with Crippen LogP contribution in [-0.4, -0.2) is 50.7 Å². The lowest BCUT2D eigenvalue weighted by Crippen LogP contribution is -2.43. The van der Waals surface area contributed by atoms with Crippen molar-refractivity contribution in [1.82, 2.24) is 4.31 Å². The number of hydrogen-bond donors (Lipinski definition) is 0. The molecule has 0 spiro atoms. The third-order valence-corrected chi connectivity index (χ3v) is 12.3. The highest BCUT2D eigenvalue weighted by Crippen LogP contribution is 2.43. The van der Waals surface area contributed by atoms with Crippen molar-refractivity contribution in [3.05, 3.63) is 118 Å². The van der Waals surface area contributed by atoms with E-state index in [1.807, 2.05) is 12.1 Å². The molecule has 2 saturated carbocycles. The summed E-state index contributed by atoms with van der Waals surface area (Å²) in [5.74, 6) is -6.21. The van der Waals surface area contributed by atoms with E-state index in [4.69, 9.17) is 11.2 Å². The van der Waals surface area contributed by atoms with Crippen LogP contribution in [0.2, 0.25) is 0 Å². The summed E-state index contributed by atoms with van der Waals surface area (Å²) in [6, 6.07) is 17.1. The van der Waals surface area contributed by atoms with Gasteiger partial charge in [-0.25, -0.2) is 26.0 Å². The van der Waals surface area contributed by atoms with Gasteiger partial charge in [-0.05, 0) is 104 Å². The Morgan fingerprint density at radius 1 is 0.912 bits per heavy atom. The number of nitrogens with zero attached hydrogens (tertiary/aromatic N) is 3. The molecule has 3 fully saturated rings. The molecule has 1 saturated heterocycles. The number of anilines is 2. The van der Waals surface area contributed by atoms with E-state index in [2.05, 4.69) is 16.9 Å². The van der Waals surface area contributed by atoms with E-state index in [1.165, 1.54) is 17.0 Å². The number of carbonyl (C=O) groups excluding carboxylic acids is 2. The Morgan fingerprint density at radius 2 is 1.63 bits per heavy atom. The molecule has 1 aliphatic heterocycles. The molecule has 0 radical (unpaired) electrons. The summed E-state index contributed by atoms with van der Waals surface area (Å²) in [7, 11) is -5.40. The van der Waals surface area contributed by atoms with E-state index in [9.17, 15) is 26.8 Å². The lowest BCUT2D eigenvalue weighted by atomic mass is 10.0. The molecule has 57 heavy (non-hydrogen) atoms. The van der Waals surface area contributed by atoms with Gasteiger partial charge in [0, 0.05) is 49.9 Å². The molecule has 13 heteroatoms. The van der Waals surface area contributed by atoms with Gasteiger partial charge < -0.3 is 14.5 Å². The van der Waals surface area contributed by atoms with Crippen LogP contribution >= 0.6 is 0 Å². The number of halogens is 4. The highest BCUT2D eigenvalue weighted by molar-refractivity contribution is 7.89. The first-order valence-electron chi connectivity index (χ1n) is 18.8. The quantitative estimate of drug-likeness (QED) is 0.0392. The first-order valence-corrected chi connectivity index (χ1v) is 20.2. The molecule has 4 aromatic carbocycles. The van der Waals surface area contributed by atoms with Crippen molar-refractivity contribution in [3.63, 3.8) is 0 Å². The van der Waals surface area contributed by atoms with Gasteiger partial charge in [0.05, 0.1) is 25.4 Å². The topological polar surface area (TPSA) is 87.2 Å². The summed E-state index contributed by atoms with van der Waals surface area (Å²) in [6.45, 7) is 1.95. The molecule has 2 aliphatic carbocycles. The van der Waals surface area contributed by atoms with Crippen LogP contribution in [0.25, 0.3) is 0 Å².